The van der Waals surface area contributed by atoms with E-state index in [0.717, 1.165) is 12.1 Å². The predicted molar refractivity (Wildman–Crippen MR) is 74.1 cm³/mol. The van der Waals surface area contributed by atoms with E-state index in [4.69, 9.17) is 5.73 Å². The van der Waals surface area contributed by atoms with Crippen LogP contribution < -0.4 is 5.73 Å². The van der Waals surface area contributed by atoms with Gasteiger partial charge in [0.15, 0.2) is 0 Å². The second-order valence-corrected chi connectivity index (χ2v) is 6.16. The van der Waals surface area contributed by atoms with E-state index in [9.17, 15) is 0 Å². The molecule has 1 saturated carbocycles. The summed E-state index contributed by atoms with van der Waals surface area (Å²) in [6, 6.07) is 2.65. The molecule has 1 aliphatic carbocycles. The van der Waals surface area contributed by atoms with Crippen molar-refractivity contribution in [2.75, 3.05) is 0 Å². The fourth-order valence-corrected chi connectivity index (χ4v) is 3.97. The highest BCUT2D eigenvalue weighted by molar-refractivity contribution is 4.94. The maximum Gasteiger partial charge on any atom is 0.0252 e. The lowest BCUT2D eigenvalue weighted by Crippen LogP contribution is -2.52. The average molecular weight is 238 g/mol. The summed E-state index contributed by atoms with van der Waals surface area (Å²) >= 11 is 0. The van der Waals surface area contributed by atoms with E-state index >= 15 is 0 Å². The molecule has 1 heterocycles. The summed E-state index contributed by atoms with van der Waals surface area (Å²) in [5.41, 5.74) is 6.47. The Hall–Kier alpha value is -0.0800. The van der Waals surface area contributed by atoms with Gasteiger partial charge in [-0.15, -0.1) is 0 Å². The molecule has 4 unspecified atom stereocenters. The zero-order valence-electron chi connectivity index (χ0n) is 11.7. The first-order chi connectivity index (χ1) is 8.24. The second-order valence-electron chi connectivity index (χ2n) is 6.16. The number of rotatable bonds is 2. The Labute approximate surface area is 107 Å². The van der Waals surface area contributed by atoms with Gasteiger partial charge in [-0.25, -0.2) is 0 Å². The van der Waals surface area contributed by atoms with Gasteiger partial charge in [0.1, 0.15) is 0 Å². The average Bonchev–Trinajstić information content (AvgIpc) is 2.66. The Morgan fingerprint density at radius 2 is 1.71 bits per heavy atom. The second kappa shape index (κ2) is 6.19. The van der Waals surface area contributed by atoms with E-state index in [1.807, 2.05) is 0 Å². The highest BCUT2D eigenvalue weighted by Gasteiger charge is 2.37. The quantitative estimate of drug-likeness (QED) is 0.800. The van der Waals surface area contributed by atoms with Crippen molar-refractivity contribution in [3.8, 4) is 0 Å². The first kappa shape index (κ1) is 13.4. The van der Waals surface area contributed by atoms with Crippen LogP contribution in [0.2, 0.25) is 0 Å². The van der Waals surface area contributed by atoms with E-state index in [0.29, 0.717) is 12.1 Å². The molecule has 2 heteroatoms. The normalized spacial score (nSPS) is 41.1. The fraction of sp³-hybridized carbons (Fsp3) is 1.00. The Balaban J connectivity index is 2.05. The molecule has 0 amide bonds. The lowest BCUT2D eigenvalue weighted by molar-refractivity contribution is 0.0974. The van der Waals surface area contributed by atoms with Gasteiger partial charge in [-0.2, -0.15) is 0 Å². The summed E-state index contributed by atoms with van der Waals surface area (Å²) < 4.78 is 0. The molecule has 0 aromatic heterocycles. The largest absolute Gasteiger partial charge is 0.326 e. The topological polar surface area (TPSA) is 29.3 Å². The summed E-state index contributed by atoms with van der Waals surface area (Å²) in [5.74, 6) is 0. The van der Waals surface area contributed by atoms with Crippen molar-refractivity contribution in [2.24, 2.45) is 5.73 Å². The molecule has 1 saturated heterocycles. The highest BCUT2D eigenvalue weighted by atomic mass is 15.2. The van der Waals surface area contributed by atoms with Gasteiger partial charge in [0.2, 0.25) is 0 Å². The molecule has 4 atom stereocenters. The number of hydrogen-bond donors (Lipinski definition) is 1. The van der Waals surface area contributed by atoms with Crippen LogP contribution in [0, 0.1) is 0 Å². The predicted octanol–water partition coefficient (Wildman–Crippen LogP) is 3.30. The van der Waals surface area contributed by atoms with E-state index < -0.39 is 0 Å². The summed E-state index contributed by atoms with van der Waals surface area (Å²) in [6.45, 7) is 4.74. The molecule has 2 rings (SSSR count). The standard InChI is InChI=1S/C15H30N2/c1-3-13-11-10-12(2)17(13)15-9-7-5-4-6-8-14(15)16/h12-15H,3-11,16H2,1-2H3. The van der Waals surface area contributed by atoms with Crippen molar-refractivity contribution in [2.45, 2.75) is 95.8 Å². The maximum absolute atomic E-state index is 6.47. The minimum atomic E-state index is 0.421. The summed E-state index contributed by atoms with van der Waals surface area (Å²) in [4.78, 5) is 2.79. The van der Waals surface area contributed by atoms with Crippen LogP contribution >= 0.6 is 0 Å². The first-order valence-corrected chi connectivity index (χ1v) is 7.77. The van der Waals surface area contributed by atoms with Crippen molar-refractivity contribution in [3.63, 3.8) is 0 Å². The zero-order valence-corrected chi connectivity index (χ0v) is 11.7. The maximum atomic E-state index is 6.47. The van der Waals surface area contributed by atoms with Gasteiger partial charge < -0.3 is 5.73 Å². The van der Waals surface area contributed by atoms with Crippen LogP contribution in [0.15, 0.2) is 0 Å². The number of nitrogens with zero attached hydrogens (tertiary/aromatic N) is 1. The molecular weight excluding hydrogens is 208 g/mol. The minimum absolute atomic E-state index is 0.421. The first-order valence-electron chi connectivity index (χ1n) is 7.77. The van der Waals surface area contributed by atoms with E-state index in [1.54, 1.807) is 0 Å². The molecule has 100 valence electrons. The van der Waals surface area contributed by atoms with E-state index in [1.165, 1.54) is 57.8 Å². The Bertz CT molecular complexity index is 229. The number of nitrogens with two attached hydrogens (primary N) is 1. The summed E-state index contributed by atoms with van der Waals surface area (Å²) in [6.07, 6.45) is 12.2. The molecule has 2 nitrogen and oxygen atoms in total. The third kappa shape index (κ3) is 3.03. The van der Waals surface area contributed by atoms with E-state index in [-0.39, 0.29) is 0 Å². The van der Waals surface area contributed by atoms with Crippen molar-refractivity contribution in [1.29, 1.82) is 0 Å². The van der Waals surface area contributed by atoms with Crippen LogP contribution in [0.5, 0.6) is 0 Å². The SMILES string of the molecule is CCC1CCC(C)N1C1CCCCCCC1N. The molecule has 0 aromatic rings. The van der Waals surface area contributed by atoms with E-state index in [2.05, 4.69) is 18.7 Å². The summed E-state index contributed by atoms with van der Waals surface area (Å²) in [7, 11) is 0. The lowest BCUT2D eigenvalue weighted by atomic mass is 9.90. The fourth-order valence-electron chi connectivity index (χ4n) is 3.97. The molecule has 0 aromatic carbocycles. The van der Waals surface area contributed by atoms with Crippen LogP contribution in [-0.4, -0.2) is 29.1 Å². The third-order valence-electron chi connectivity index (χ3n) is 4.98. The zero-order chi connectivity index (χ0) is 12.3. The molecular formula is C15H30N2. The van der Waals surface area contributed by atoms with Crippen molar-refractivity contribution in [3.05, 3.63) is 0 Å². The molecule has 0 radical (unpaired) electrons. The van der Waals surface area contributed by atoms with Crippen LogP contribution in [0.25, 0.3) is 0 Å². The van der Waals surface area contributed by atoms with Gasteiger partial charge in [0.25, 0.3) is 0 Å². The van der Waals surface area contributed by atoms with Crippen LogP contribution in [0.1, 0.15) is 71.6 Å². The van der Waals surface area contributed by atoms with Crippen LogP contribution in [0.3, 0.4) is 0 Å². The molecule has 17 heavy (non-hydrogen) atoms. The Kier molecular flexibility index (Phi) is 4.87. The summed E-state index contributed by atoms with van der Waals surface area (Å²) in [5, 5.41) is 0. The molecule has 0 spiro atoms. The third-order valence-corrected chi connectivity index (χ3v) is 4.98. The van der Waals surface area contributed by atoms with Crippen LogP contribution in [0.4, 0.5) is 0 Å². The minimum Gasteiger partial charge on any atom is -0.326 e. The van der Waals surface area contributed by atoms with Gasteiger partial charge in [-0.05, 0) is 39.0 Å². The van der Waals surface area contributed by atoms with Crippen molar-refractivity contribution in [1.82, 2.24) is 4.90 Å². The van der Waals surface area contributed by atoms with Gasteiger partial charge in [0.05, 0.1) is 0 Å². The van der Waals surface area contributed by atoms with Gasteiger partial charge in [-0.3, -0.25) is 4.90 Å². The molecule has 2 fully saturated rings. The van der Waals surface area contributed by atoms with Gasteiger partial charge in [-0.1, -0.05) is 32.6 Å². The van der Waals surface area contributed by atoms with Gasteiger partial charge >= 0.3 is 0 Å². The highest BCUT2D eigenvalue weighted by Crippen LogP contribution is 2.32. The smallest absolute Gasteiger partial charge is 0.0252 e. The monoisotopic (exact) mass is 238 g/mol. The van der Waals surface area contributed by atoms with Crippen molar-refractivity contribution < 1.29 is 0 Å². The Morgan fingerprint density at radius 1 is 1.00 bits per heavy atom. The van der Waals surface area contributed by atoms with Gasteiger partial charge in [0, 0.05) is 24.2 Å². The molecule has 0 bridgehead atoms. The van der Waals surface area contributed by atoms with Crippen molar-refractivity contribution >= 4 is 0 Å². The molecule has 1 aliphatic heterocycles. The number of hydrogen-bond acceptors (Lipinski definition) is 2. The number of likely N-dealkylation sites (tertiary alicyclic amines) is 1. The molecule has 2 aliphatic rings. The Morgan fingerprint density at radius 3 is 2.41 bits per heavy atom. The lowest BCUT2D eigenvalue weighted by Gasteiger charge is -2.40. The van der Waals surface area contributed by atoms with Crippen LogP contribution in [-0.2, 0) is 0 Å². The molecule has 2 N–H and O–H groups in total.